The Labute approximate surface area is 246 Å². The molecule has 6 rings (SSSR count). The Kier molecular flexibility index (Phi) is 7.07. The number of carbonyl (C=O) groups is 3. The maximum absolute atomic E-state index is 13.5. The average molecular weight is 606 g/mol. The molecule has 2 aliphatic heterocycles. The second-order valence-electron chi connectivity index (χ2n) is 10.3. The molecule has 1 fully saturated rings. The number of hydrogen-bond donors (Lipinski definition) is 2. The number of urea groups is 1. The highest BCUT2D eigenvalue weighted by molar-refractivity contribution is 7.90. The fraction of sp³-hybridized carbons (Fsp3) is 0.241. The van der Waals surface area contributed by atoms with Crippen LogP contribution in [0.4, 0.5) is 21.9 Å². The summed E-state index contributed by atoms with van der Waals surface area (Å²) in [6.45, 7) is 2.48. The smallest absolute Gasteiger partial charge is 0.331 e. The lowest BCUT2D eigenvalue weighted by molar-refractivity contribution is -0.135. The number of aromatic nitrogens is 1. The van der Waals surface area contributed by atoms with Gasteiger partial charge in [0.15, 0.2) is 0 Å². The van der Waals surface area contributed by atoms with Crippen molar-refractivity contribution in [2.24, 2.45) is 0 Å². The topological polar surface area (TPSA) is 138 Å². The Morgan fingerprint density at radius 1 is 1.10 bits per heavy atom. The van der Waals surface area contributed by atoms with Crippen LogP contribution >= 0.6 is 11.3 Å². The lowest BCUT2D eigenvalue weighted by Gasteiger charge is -2.39. The molecule has 0 atom stereocenters. The second-order valence-corrected chi connectivity index (χ2v) is 13.6. The molecule has 1 saturated heterocycles. The third-order valence-corrected chi connectivity index (χ3v) is 9.14. The van der Waals surface area contributed by atoms with Crippen molar-refractivity contribution in [1.29, 1.82) is 0 Å². The number of nitrogens with one attached hydrogen (secondary N) is 2. The van der Waals surface area contributed by atoms with Crippen molar-refractivity contribution in [3.63, 3.8) is 0 Å². The minimum absolute atomic E-state index is 0.0841. The van der Waals surface area contributed by atoms with E-state index >= 15 is 0 Å². The zero-order valence-electron chi connectivity index (χ0n) is 22.8. The minimum Gasteiger partial charge on any atom is -0.457 e. The first kappa shape index (κ1) is 27.7. The summed E-state index contributed by atoms with van der Waals surface area (Å²) in [7, 11) is -3.23. The maximum Gasteiger partial charge on any atom is 0.331 e. The third-order valence-electron chi connectivity index (χ3n) is 7.10. The number of aryl methyl sites for hydroxylation is 1. The molecule has 2 aliphatic rings. The third kappa shape index (κ3) is 5.40. The van der Waals surface area contributed by atoms with E-state index in [1.165, 1.54) is 16.2 Å². The molecule has 2 aromatic heterocycles. The van der Waals surface area contributed by atoms with E-state index in [1.807, 2.05) is 49.4 Å². The summed E-state index contributed by atoms with van der Waals surface area (Å²) in [5.41, 5.74) is 2.50. The highest BCUT2D eigenvalue weighted by atomic mass is 32.2. The van der Waals surface area contributed by atoms with Gasteiger partial charge in [0.1, 0.15) is 31.0 Å². The monoisotopic (exact) mass is 605 g/mol. The second kappa shape index (κ2) is 10.7. The Bertz CT molecular complexity index is 1830. The lowest BCUT2D eigenvalue weighted by Crippen LogP contribution is -2.61. The largest absolute Gasteiger partial charge is 0.457 e. The van der Waals surface area contributed by atoms with E-state index in [0.29, 0.717) is 56.7 Å². The molecule has 2 N–H and O–H groups in total. The number of pyridine rings is 1. The zero-order valence-corrected chi connectivity index (χ0v) is 24.4. The van der Waals surface area contributed by atoms with Gasteiger partial charge in [-0.1, -0.05) is 18.2 Å². The molecule has 42 heavy (non-hydrogen) atoms. The SMILES string of the molecule is Cc1cc(Oc2ccccc2)ccc1N1C(=O)Nc2c(C(=O)NC3CN(C(=O)CCS(C)(=O)=O)C3)sc3nccc1c23. The van der Waals surface area contributed by atoms with Crippen LogP contribution in [0.3, 0.4) is 0 Å². The van der Waals surface area contributed by atoms with E-state index in [9.17, 15) is 22.8 Å². The van der Waals surface area contributed by atoms with Gasteiger partial charge in [0.05, 0.1) is 34.2 Å². The fourth-order valence-corrected chi connectivity index (χ4v) is 6.57. The molecule has 0 saturated carbocycles. The van der Waals surface area contributed by atoms with Crippen LogP contribution in [0, 0.1) is 6.92 Å². The van der Waals surface area contributed by atoms with Crippen molar-refractivity contribution in [3.05, 3.63) is 71.2 Å². The minimum atomic E-state index is -3.23. The number of carbonyl (C=O) groups excluding carboxylic acids is 3. The number of nitrogens with zero attached hydrogens (tertiary/aromatic N) is 3. The van der Waals surface area contributed by atoms with E-state index < -0.39 is 15.9 Å². The number of ether oxygens (including phenoxy) is 1. The number of rotatable bonds is 8. The van der Waals surface area contributed by atoms with Crippen molar-refractivity contribution in [2.45, 2.75) is 19.4 Å². The molecule has 0 bridgehead atoms. The Hall–Kier alpha value is -4.49. The first-order valence-electron chi connectivity index (χ1n) is 13.2. The summed E-state index contributed by atoms with van der Waals surface area (Å²) in [5, 5.41) is 6.48. The van der Waals surface area contributed by atoms with Crippen LogP contribution in [0.25, 0.3) is 10.2 Å². The molecule has 13 heteroatoms. The molecule has 11 nitrogen and oxygen atoms in total. The quantitative estimate of drug-likeness (QED) is 0.303. The van der Waals surface area contributed by atoms with Crippen molar-refractivity contribution in [2.75, 3.05) is 35.3 Å². The van der Waals surface area contributed by atoms with E-state index in [-0.39, 0.29) is 30.0 Å². The van der Waals surface area contributed by atoms with Crippen LogP contribution in [0.5, 0.6) is 11.5 Å². The Balaban J connectivity index is 1.20. The number of para-hydroxylation sites is 1. The number of benzene rings is 2. The summed E-state index contributed by atoms with van der Waals surface area (Å²) in [5.74, 6) is 0.500. The van der Waals surface area contributed by atoms with E-state index in [2.05, 4.69) is 15.6 Å². The number of sulfone groups is 1. The van der Waals surface area contributed by atoms with Crippen molar-refractivity contribution in [1.82, 2.24) is 15.2 Å². The van der Waals surface area contributed by atoms with Crippen LogP contribution in [0.2, 0.25) is 0 Å². The fourth-order valence-electron chi connectivity index (χ4n) is 5.01. The van der Waals surface area contributed by atoms with Crippen LogP contribution in [-0.2, 0) is 14.6 Å². The Morgan fingerprint density at radius 2 is 1.86 bits per heavy atom. The maximum atomic E-state index is 13.5. The summed E-state index contributed by atoms with van der Waals surface area (Å²) >= 11 is 1.18. The molecule has 2 aromatic carbocycles. The van der Waals surface area contributed by atoms with Crippen LogP contribution in [0.15, 0.2) is 60.8 Å². The molecule has 4 aromatic rings. The Morgan fingerprint density at radius 3 is 2.57 bits per heavy atom. The molecule has 4 heterocycles. The summed E-state index contributed by atoms with van der Waals surface area (Å²) in [4.78, 5) is 47.5. The molecule has 0 unspecified atom stereocenters. The van der Waals surface area contributed by atoms with Gasteiger partial charge in [0, 0.05) is 32.0 Å². The molecule has 0 spiro atoms. The first-order chi connectivity index (χ1) is 20.1. The summed E-state index contributed by atoms with van der Waals surface area (Å²) < 4.78 is 28.6. The molecule has 216 valence electrons. The van der Waals surface area contributed by atoms with Gasteiger partial charge in [-0.2, -0.15) is 0 Å². The average Bonchev–Trinajstić information content (AvgIpc) is 3.29. The highest BCUT2D eigenvalue weighted by Gasteiger charge is 2.36. The van der Waals surface area contributed by atoms with Crippen LogP contribution in [-0.4, -0.2) is 67.3 Å². The molecular formula is C29H27N5O6S2. The van der Waals surface area contributed by atoms with E-state index in [1.54, 1.807) is 23.2 Å². The number of anilines is 3. The van der Waals surface area contributed by atoms with Gasteiger partial charge in [0.2, 0.25) is 5.91 Å². The molecule has 0 radical (unpaired) electrons. The predicted molar refractivity (Wildman–Crippen MR) is 161 cm³/mol. The van der Waals surface area contributed by atoms with Crippen molar-refractivity contribution < 1.29 is 27.5 Å². The highest BCUT2D eigenvalue weighted by Crippen LogP contribution is 2.46. The van der Waals surface area contributed by atoms with Crippen molar-refractivity contribution >= 4 is 66.3 Å². The number of amides is 4. The van der Waals surface area contributed by atoms with Gasteiger partial charge in [-0.15, -0.1) is 11.3 Å². The first-order valence-corrected chi connectivity index (χ1v) is 16.1. The van der Waals surface area contributed by atoms with Crippen LogP contribution in [0.1, 0.15) is 21.7 Å². The zero-order chi connectivity index (χ0) is 29.6. The van der Waals surface area contributed by atoms with Crippen LogP contribution < -0.4 is 20.3 Å². The normalized spacial score (nSPS) is 14.9. The van der Waals surface area contributed by atoms with Gasteiger partial charge in [-0.05, 0) is 48.9 Å². The van der Waals surface area contributed by atoms with Gasteiger partial charge < -0.3 is 20.3 Å². The van der Waals surface area contributed by atoms with Gasteiger partial charge >= 0.3 is 6.03 Å². The van der Waals surface area contributed by atoms with Crippen molar-refractivity contribution in [3.8, 4) is 11.5 Å². The number of likely N-dealkylation sites (tertiary alicyclic amines) is 1. The molecular weight excluding hydrogens is 578 g/mol. The lowest BCUT2D eigenvalue weighted by atomic mass is 10.1. The van der Waals surface area contributed by atoms with Gasteiger partial charge in [-0.25, -0.2) is 18.2 Å². The van der Waals surface area contributed by atoms with E-state index in [4.69, 9.17) is 4.74 Å². The summed E-state index contributed by atoms with van der Waals surface area (Å²) in [6, 6.07) is 16.0. The molecule has 4 amide bonds. The standard InChI is InChI=1S/C29H27N5O6S2/c1-17-14-20(40-19-6-4-3-5-7-19)8-9-21(17)34-22-10-12-30-28-24(22)25(32-29(34)37)26(41-28)27(36)31-18-15-33(16-18)23(35)11-13-42(2,38)39/h3-10,12,14,18H,11,13,15-16H2,1-2H3,(H,31,36)(H,32,37). The van der Waals surface area contributed by atoms with Gasteiger partial charge in [-0.3, -0.25) is 14.5 Å². The van der Waals surface area contributed by atoms with E-state index in [0.717, 1.165) is 11.8 Å². The molecule has 0 aliphatic carbocycles. The number of hydrogen-bond acceptors (Lipinski definition) is 8. The number of thiophene rings is 1. The predicted octanol–water partition coefficient (Wildman–Crippen LogP) is 4.46. The summed E-state index contributed by atoms with van der Waals surface area (Å²) in [6.07, 6.45) is 2.62. The van der Waals surface area contributed by atoms with Gasteiger partial charge in [0.25, 0.3) is 5.91 Å².